The van der Waals surface area contributed by atoms with Crippen LogP contribution in [0.2, 0.25) is 5.02 Å². The Morgan fingerprint density at radius 1 is 1.36 bits per heavy atom. The quantitative estimate of drug-likeness (QED) is 0.874. The van der Waals surface area contributed by atoms with Crippen LogP contribution >= 0.6 is 11.6 Å². The summed E-state index contributed by atoms with van der Waals surface area (Å²) in [5, 5.41) is 10.0. The van der Waals surface area contributed by atoms with Crippen molar-refractivity contribution in [3.8, 4) is 5.75 Å². The van der Waals surface area contributed by atoms with Gasteiger partial charge in [-0.15, -0.1) is 0 Å². The summed E-state index contributed by atoms with van der Waals surface area (Å²) in [6.07, 6.45) is -0.112. The van der Waals surface area contributed by atoms with Gasteiger partial charge in [-0.1, -0.05) is 18.5 Å². The summed E-state index contributed by atoms with van der Waals surface area (Å²) in [7, 11) is 0. The summed E-state index contributed by atoms with van der Waals surface area (Å²) in [6, 6.07) is 4.36. The molecule has 7 heteroatoms. The number of carboxylic acid groups (broad SMARTS) is 1. The Labute approximate surface area is 152 Å². The van der Waals surface area contributed by atoms with Crippen LogP contribution in [0.4, 0.5) is 4.79 Å². The van der Waals surface area contributed by atoms with Gasteiger partial charge < -0.3 is 14.6 Å². The van der Waals surface area contributed by atoms with E-state index >= 15 is 0 Å². The minimum atomic E-state index is -1.07. The topological polar surface area (TPSA) is 76.1 Å². The zero-order valence-electron chi connectivity index (χ0n) is 14.9. The molecule has 0 bridgehead atoms. The number of aliphatic carboxylic acids is 1. The average molecular weight is 370 g/mol. The lowest BCUT2D eigenvalue weighted by Crippen LogP contribution is -2.43. The van der Waals surface area contributed by atoms with Crippen LogP contribution in [0.3, 0.4) is 0 Å². The summed E-state index contributed by atoms with van der Waals surface area (Å²) < 4.78 is 11.3. The molecule has 0 spiro atoms. The van der Waals surface area contributed by atoms with E-state index in [4.69, 9.17) is 21.1 Å². The first-order valence-electron chi connectivity index (χ1n) is 8.28. The highest BCUT2D eigenvalue weighted by atomic mass is 35.5. The van der Waals surface area contributed by atoms with Gasteiger partial charge in [0.05, 0.1) is 6.54 Å². The number of rotatable bonds is 4. The van der Waals surface area contributed by atoms with Gasteiger partial charge in [-0.05, 0) is 51.0 Å². The molecule has 25 heavy (non-hydrogen) atoms. The highest BCUT2D eigenvalue weighted by molar-refractivity contribution is 6.30. The van der Waals surface area contributed by atoms with Crippen molar-refractivity contribution in [2.24, 2.45) is 0 Å². The molecule has 1 fully saturated rings. The number of amides is 1. The maximum Gasteiger partial charge on any atom is 0.411 e. The normalized spacial score (nSPS) is 20.4. The molecule has 0 aromatic heterocycles. The molecule has 1 aliphatic heterocycles. The van der Waals surface area contributed by atoms with Gasteiger partial charge in [-0.3, -0.25) is 4.90 Å². The van der Waals surface area contributed by atoms with E-state index in [9.17, 15) is 14.7 Å². The molecule has 1 aromatic carbocycles. The third-order valence-electron chi connectivity index (χ3n) is 3.87. The monoisotopic (exact) mass is 369 g/mol. The fourth-order valence-corrected chi connectivity index (χ4v) is 2.95. The second-order valence-corrected chi connectivity index (χ2v) is 7.50. The highest BCUT2D eigenvalue weighted by Gasteiger charge is 2.42. The number of aryl methyl sites for hydroxylation is 1. The van der Waals surface area contributed by atoms with Crippen molar-refractivity contribution in [3.63, 3.8) is 0 Å². The molecule has 2 atom stereocenters. The number of likely N-dealkylation sites (tertiary alicyclic amines) is 1. The Morgan fingerprint density at radius 3 is 2.60 bits per heavy atom. The molecule has 138 valence electrons. The van der Waals surface area contributed by atoms with Gasteiger partial charge in [0.15, 0.2) is 0 Å². The van der Waals surface area contributed by atoms with Gasteiger partial charge in [-0.25, -0.2) is 9.59 Å². The lowest BCUT2D eigenvalue weighted by molar-refractivity contribution is -0.142. The van der Waals surface area contributed by atoms with E-state index in [0.717, 1.165) is 12.0 Å². The van der Waals surface area contributed by atoms with Crippen LogP contribution in [0.25, 0.3) is 0 Å². The first kappa shape index (κ1) is 19.4. The van der Waals surface area contributed by atoms with Crippen LogP contribution < -0.4 is 4.74 Å². The van der Waals surface area contributed by atoms with Gasteiger partial charge in [-0.2, -0.15) is 0 Å². The van der Waals surface area contributed by atoms with Crippen LogP contribution in [0.5, 0.6) is 5.75 Å². The Hall–Kier alpha value is -1.95. The highest BCUT2D eigenvalue weighted by Crippen LogP contribution is 2.29. The Balaban J connectivity index is 2.14. The summed E-state index contributed by atoms with van der Waals surface area (Å²) >= 11 is 6.00. The van der Waals surface area contributed by atoms with Crippen molar-refractivity contribution in [1.29, 1.82) is 0 Å². The molecule has 0 unspecified atom stereocenters. The van der Waals surface area contributed by atoms with Crippen molar-refractivity contribution in [3.05, 3.63) is 28.8 Å². The van der Waals surface area contributed by atoms with Crippen LogP contribution in [0.1, 0.15) is 39.7 Å². The van der Waals surface area contributed by atoms with Crippen molar-refractivity contribution in [2.45, 2.75) is 58.3 Å². The molecule has 0 radical (unpaired) electrons. The molecule has 1 heterocycles. The first-order valence-corrected chi connectivity index (χ1v) is 8.66. The Morgan fingerprint density at radius 2 is 2.04 bits per heavy atom. The number of carboxylic acids is 1. The van der Waals surface area contributed by atoms with E-state index in [1.807, 2.05) is 13.0 Å². The molecule has 0 aliphatic carbocycles. The lowest BCUT2D eigenvalue weighted by Gasteiger charge is -2.26. The molecule has 1 N–H and O–H groups in total. The predicted octanol–water partition coefficient (Wildman–Crippen LogP) is 3.74. The fraction of sp³-hybridized carbons (Fsp3) is 0.556. The predicted molar refractivity (Wildman–Crippen MR) is 94.2 cm³/mol. The average Bonchev–Trinajstić information content (AvgIpc) is 2.91. The number of benzene rings is 1. The van der Waals surface area contributed by atoms with Crippen LogP contribution in [0, 0.1) is 0 Å². The number of ether oxygens (including phenoxy) is 2. The van der Waals surface area contributed by atoms with Crippen LogP contribution in [0.15, 0.2) is 18.2 Å². The molecular weight excluding hydrogens is 346 g/mol. The third kappa shape index (κ3) is 5.01. The molecule has 1 saturated heterocycles. The summed E-state index contributed by atoms with van der Waals surface area (Å²) in [5.74, 6) is -0.407. The molecule has 1 amide bonds. The molecule has 2 rings (SSSR count). The molecule has 1 aromatic rings. The number of carbonyl (C=O) groups excluding carboxylic acids is 1. The Kier molecular flexibility index (Phi) is 5.83. The maximum absolute atomic E-state index is 12.3. The third-order valence-corrected chi connectivity index (χ3v) is 4.11. The number of nitrogens with zero attached hydrogens (tertiary/aromatic N) is 1. The zero-order chi connectivity index (χ0) is 18.8. The largest absolute Gasteiger partial charge is 0.488 e. The number of hydrogen-bond acceptors (Lipinski definition) is 4. The van der Waals surface area contributed by atoms with Gasteiger partial charge >= 0.3 is 12.1 Å². The van der Waals surface area contributed by atoms with Crippen LogP contribution in [-0.4, -0.2) is 46.4 Å². The zero-order valence-corrected chi connectivity index (χ0v) is 15.7. The number of halogens is 1. The summed E-state index contributed by atoms with van der Waals surface area (Å²) in [6.45, 7) is 7.38. The van der Waals surface area contributed by atoms with Gasteiger partial charge in [0, 0.05) is 11.4 Å². The van der Waals surface area contributed by atoms with E-state index < -0.39 is 29.8 Å². The van der Waals surface area contributed by atoms with Gasteiger partial charge in [0.2, 0.25) is 0 Å². The number of hydrogen-bond donors (Lipinski definition) is 1. The second kappa shape index (κ2) is 7.52. The lowest BCUT2D eigenvalue weighted by atomic mass is 10.1. The first-order chi connectivity index (χ1) is 11.6. The van der Waals surface area contributed by atoms with E-state index in [1.54, 1.807) is 32.9 Å². The van der Waals surface area contributed by atoms with Crippen LogP contribution in [-0.2, 0) is 16.0 Å². The number of carbonyl (C=O) groups is 2. The molecule has 0 saturated carbocycles. The van der Waals surface area contributed by atoms with Crippen molar-refractivity contribution >= 4 is 23.7 Å². The van der Waals surface area contributed by atoms with Gasteiger partial charge in [0.25, 0.3) is 0 Å². The molecular formula is C18H24ClNO5. The minimum Gasteiger partial charge on any atom is -0.488 e. The van der Waals surface area contributed by atoms with E-state index in [0.29, 0.717) is 10.8 Å². The van der Waals surface area contributed by atoms with E-state index in [-0.39, 0.29) is 13.0 Å². The van der Waals surface area contributed by atoms with Gasteiger partial charge in [0.1, 0.15) is 23.5 Å². The van der Waals surface area contributed by atoms with E-state index in [2.05, 4.69) is 0 Å². The molecule has 6 nitrogen and oxygen atoms in total. The van der Waals surface area contributed by atoms with Crippen molar-refractivity contribution < 1.29 is 24.2 Å². The summed E-state index contributed by atoms with van der Waals surface area (Å²) in [5.41, 5.74) is 0.250. The van der Waals surface area contributed by atoms with E-state index in [1.165, 1.54) is 4.90 Å². The second-order valence-electron chi connectivity index (χ2n) is 7.07. The maximum atomic E-state index is 12.3. The molecule has 1 aliphatic rings. The minimum absolute atomic E-state index is 0.164. The summed E-state index contributed by atoms with van der Waals surface area (Å²) in [4.78, 5) is 25.1. The van der Waals surface area contributed by atoms with Crippen molar-refractivity contribution in [1.82, 2.24) is 4.90 Å². The Bertz CT molecular complexity index is 655. The van der Waals surface area contributed by atoms with Crippen molar-refractivity contribution in [2.75, 3.05) is 6.54 Å². The standard InChI is InChI=1S/C18H24ClNO5/c1-5-11-8-12(19)6-7-15(11)24-13-9-14(16(21)22)20(10-13)17(23)25-18(2,3)4/h6-8,13-14H,5,9-10H2,1-4H3,(H,21,22)/t13-,14+/m1/s1. The smallest absolute Gasteiger partial charge is 0.411 e. The fourth-order valence-electron chi connectivity index (χ4n) is 2.76. The SMILES string of the molecule is CCc1cc(Cl)ccc1O[C@@H]1C[C@@H](C(=O)O)N(C(=O)OC(C)(C)C)C1.